The fourth-order valence-electron chi connectivity index (χ4n) is 7.22. The molecule has 4 aliphatic heterocycles. The number of carbonyl (C=O) groups is 3. The zero-order valence-electron chi connectivity index (χ0n) is 23.0. The van der Waals surface area contributed by atoms with Crippen LogP contribution in [0.3, 0.4) is 0 Å². The molecule has 0 aromatic heterocycles. The molecule has 1 aromatic rings. The molecule has 204 valence electrons. The Bertz CT molecular complexity index is 1190. The lowest BCUT2D eigenvalue weighted by molar-refractivity contribution is -0.151. The third-order valence-corrected chi connectivity index (χ3v) is 8.86. The van der Waals surface area contributed by atoms with Gasteiger partial charge in [-0.05, 0) is 44.7 Å². The van der Waals surface area contributed by atoms with Gasteiger partial charge in [0.15, 0.2) is 0 Å². The summed E-state index contributed by atoms with van der Waals surface area (Å²) in [7, 11) is 0. The number of likely N-dealkylation sites (tertiary alicyclic amines) is 1. The van der Waals surface area contributed by atoms with Gasteiger partial charge in [0.05, 0.1) is 30.1 Å². The zero-order valence-corrected chi connectivity index (χ0v) is 23.0. The Morgan fingerprint density at radius 1 is 1.00 bits per heavy atom. The molecule has 0 bridgehead atoms. The summed E-state index contributed by atoms with van der Waals surface area (Å²) < 4.78 is 6.87. The van der Waals surface area contributed by atoms with Crippen molar-refractivity contribution in [2.75, 3.05) is 31.1 Å². The lowest BCUT2D eigenvalue weighted by atomic mass is 9.74. The summed E-state index contributed by atoms with van der Waals surface area (Å²) in [4.78, 5) is 48.1. The fraction of sp³-hybridized carbons (Fsp3) is 0.567. The van der Waals surface area contributed by atoms with Gasteiger partial charge in [0, 0.05) is 25.3 Å². The van der Waals surface area contributed by atoms with Crippen molar-refractivity contribution in [3.05, 3.63) is 53.6 Å². The number of nitrogens with zero attached hydrogens (tertiary/aromatic N) is 3. The minimum atomic E-state index is -1.32. The minimum Gasteiger partial charge on any atom is -0.394 e. The van der Waals surface area contributed by atoms with Gasteiger partial charge in [-0.15, -0.1) is 0 Å². The van der Waals surface area contributed by atoms with E-state index in [9.17, 15) is 19.5 Å². The average Bonchev–Trinajstić information content (AvgIpc) is 3.15. The van der Waals surface area contributed by atoms with Crippen LogP contribution in [-0.2, 0) is 19.1 Å². The van der Waals surface area contributed by atoms with Crippen LogP contribution in [0.25, 0.3) is 0 Å². The van der Waals surface area contributed by atoms with Gasteiger partial charge in [0.1, 0.15) is 11.6 Å². The minimum absolute atomic E-state index is 0.121. The predicted molar refractivity (Wildman–Crippen MR) is 144 cm³/mol. The van der Waals surface area contributed by atoms with E-state index >= 15 is 0 Å². The number of aryl methyl sites for hydroxylation is 2. The number of hydrogen-bond acceptors (Lipinski definition) is 5. The molecule has 4 heterocycles. The van der Waals surface area contributed by atoms with Crippen molar-refractivity contribution in [3.63, 3.8) is 0 Å². The topological polar surface area (TPSA) is 90.4 Å². The number of hydrogen-bond donors (Lipinski definition) is 1. The third-order valence-electron chi connectivity index (χ3n) is 8.86. The van der Waals surface area contributed by atoms with Crippen LogP contribution in [0.15, 0.2) is 42.5 Å². The fourth-order valence-corrected chi connectivity index (χ4v) is 7.22. The lowest BCUT2D eigenvalue weighted by Crippen LogP contribution is -2.59. The van der Waals surface area contributed by atoms with E-state index in [4.69, 9.17) is 4.74 Å². The molecule has 4 aliphatic rings. The average molecular weight is 522 g/mol. The smallest absolute Gasteiger partial charge is 0.253 e. The first-order valence-corrected chi connectivity index (χ1v) is 13.8. The van der Waals surface area contributed by atoms with Crippen LogP contribution in [0, 0.1) is 25.7 Å². The van der Waals surface area contributed by atoms with Gasteiger partial charge < -0.3 is 24.5 Å². The number of anilines is 1. The molecule has 1 unspecified atom stereocenters. The van der Waals surface area contributed by atoms with E-state index in [-0.39, 0.29) is 24.3 Å². The van der Waals surface area contributed by atoms with Gasteiger partial charge >= 0.3 is 0 Å². The van der Waals surface area contributed by atoms with Crippen molar-refractivity contribution in [1.82, 2.24) is 9.80 Å². The normalized spacial score (nSPS) is 33.3. The number of ether oxygens (including phenoxy) is 1. The molecule has 38 heavy (non-hydrogen) atoms. The van der Waals surface area contributed by atoms with E-state index in [1.807, 2.05) is 77.1 Å². The first-order chi connectivity index (χ1) is 18.1. The Morgan fingerprint density at radius 2 is 1.68 bits per heavy atom. The van der Waals surface area contributed by atoms with Crippen LogP contribution in [0.2, 0.25) is 0 Å². The van der Waals surface area contributed by atoms with Crippen molar-refractivity contribution < 1.29 is 24.2 Å². The SMILES string of the molecule is CCCN1CC=C[C@]2(C)O[C@]34C=CCN(c5c(C)cccc5C)C(=O)C3N([C@@H](CC)CO)C(=O)[C@@H]4[C@@H]2C1=O. The number of aliphatic hydroxyl groups is 1. The summed E-state index contributed by atoms with van der Waals surface area (Å²) in [5.41, 5.74) is 0.375. The molecule has 1 N–H and O–H groups in total. The highest BCUT2D eigenvalue weighted by atomic mass is 16.5. The third kappa shape index (κ3) is 3.67. The van der Waals surface area contributed by atoms with Gasteiger partial charge in [-0.2, -0.15) is 0 Å². The number of fused-ring (bicyclic) bond motifs is 2. The second kappa shape index (κ2) is 9.65. The maximum absolute atomic E-state index is 14.6. The number of para-hydroxylation sites is 1. The highest BCUT2D eigenvalue weighted by Gasteiger charge is 2.75. The zero-order chi connectivity index (χ0) is 27.4. The number of amides is 3. The first kappa shape index (κ1) is 26.6. The van der Waals surface area contributed by atoms with Crippen molar-refractivity contribution in [3.8, 4) is 0 Å². The number of carbonyl (C=O) groups excluding carboxylic acids is 3. The summed E-state index contributed by atoms with van der Waals surface area (Å²) in [5, 5.41) is 10.3. The van der Waals surface area contributed by atoms with Crippen molar-refractivity contribution >= 4 is 23.4 Å². The summed E-state index contributed by atoms with van der Waals surface area (Å²) >= 11 is 0. The summed E-state index contributed by atoms with van der Waals surface area (Å²) in [6, 6.07) is 4.34. The Hall–Kier alpha value is -2.97. The number of aliphatic hydroxyl groups excluding tert-OH is 1. The largest absolute Gasteiger partial charge is 0.394 e. The van der Waals surface area contributed by atoms with E-state index in [0.29, 0.717) is 26.1 Å². The van der Waals surface area contributed by atoms with Gasteiger partial charge in [0.2, 0.25) is 11.8 Å². The Labute approximate surface area is 224 Å². The monoisotopic (exact) mass is 521 g/mol. The standard InChI is InChI=1S/C30H39N3O5/c1-6-15-31-16-9-13-29(5)22(26(31)35)23-27(36)33(21(7-2)18-34)25-28(37)32(17-10-14-30(23,25)38-29)24-19(3)11-8-12-20(24)4/h8-14,21-23,25,34H,6-7,15-18H2,1-5H3/t21-,22+,23-,25?,29-,30-/m0/s1. The molecule has 0 radical (unpaired) electrons. The van der Waals surface area contributed by atoms with Crippen LogP contribution in [0.1, 0.15) is 44.7 Å². The van der Waals surface area contributed by atoms with Gasteiger partial charge in [0.25, 0.3) is 5.91 Å². The molecule has 2 saturated heterocycles. The second-order valence-corrected chi connectivity index (χ2v) is 11.3. The molecule has 1 spiro atoms. The highest BCUT2D eigenvalue weighted by molar-refractivity contribution is 6.06. The maximum atomic E-state index is 14.6. The quantitative estimate of drug-likeness (QED) is 0.582. The van der Waals surface area contributed by atoms with E-state index in [1.165, 1.54) is 4.90 Å². The molecule has 1 aromatic carbocycles. The first-order valence-electron chi connectivity index (χ1n) is 13.8. The van der Waals surface area contributed by atoms with Gasteiger partial charge in [-0.1, -0.05) is 56.4 Å². The Morgan fingerprint density at radius 3 is 2.32 bits per heavy atom. The summed E-state index contributed by atoms with van der Waals surface area (Å²) in [5.74, 6) is -2.31. The molecular formula is C30H39N3O5. The second-order valence-electron chi connectivity index (χ2n) is 11.3. The van der Waals surface area contributed by atoms with Crippen LogP contribution in [0.5, 0.6) is 0 Å². The van der Waals surface area contributed by atoms with E-state index in [2.05, 4.69) is 0 Å². The molecule has 0 saturated carbocycles. The highest BCUT2D eigenvalue weighted by Crippen LogP contribution is 2.58. The van der Waals surface area contributed by atoms with Crippen molar-refractivity contribution in [2.45, 2.75) is 70.7 Å². The van der Waals surface area contributed by atoms with Crippen molar-refractivity contribution in [2.24, 2.45) is 11.8 Å². The number of rotatable bonds is 6. The lowest BCUT2D eigenvalue weighted by Gasteiger charge is -2.40. The molecule has 3 amide bonds. The number of benzene rings is 1. The summed E-state index contributed by atoms with van der Waals surface area (Å²) in [6.07, 6.45) is 8.88. The molecule has 8 heteroatoms. The van der Waals surface area contributed by atoms with Crippen LogP contribution in [0.4, 0.5) is 5.69 Å². The Kier molecular flexibility index (Phi) is 6.76. The molecule has 5 rings (SSSR count). The molecular weight excluding hydrogens is 482 g/mol. The van der Waals surface area contributed by atoms with E-state index < -0.39 is 35.1 Å². The predicted octanol–water partition coefficient (Wildman–Crippen LogP) is 2.76. The van der Waals surface area contributed by atoms with Crippen LogP contribution >= 0.6 is 0 Å². The van der Waals surface area contributed by atoms with Crippen molar-refractivity contribution in [1.29, 1.82) is 0 Å². The van der Waals surface area contributed by atoms with Gasteiger partial charge in [-0.3, -0.25) is 14.4 Å². The summed E-state index contributed by atoms with van der Waals surface area (Å²) in [6.45, 7) is 10.8. The maximum Gasteiger partial charge on any atom is 0.253 e. The van der Waals surface area contributed by atoms with Gasteiger partial charge in [-0.25, -0.2) is 0 Å². The molecule has 8 nitrogen and oxygen atoms in total. The van der Waals surface area contributed by atoms with E-state index in [0.717, 1.165) is 23.2 Å². The molecule has 6 atom stereocenters. The molecule has 0 aliphatic carbocycles. The molecule has 2 fully saturated rings. The van der Waals surface area contributed by atoms with E-state index in [1.54, 1.807) is 9.80 Å². The Balaban J connectivity index is 1.69. The van der Waals surface area contributed by atoms with Crippen LogP contribution < -0.4 is 4.90 Å². The van der Waals surface area contributed by atoms with Crippen LogP contribution in [-0.4, -0.2) is 82.2 Å².